The molecule has 0 saturated heterocycles. The summed E-state index contributed by atoms with van der Waals surface area (Å²) in [5.41, 5.74) is 1.24. The molecule has 1 aliphatic rings. The fourth-order valence-electron chi connectivity index (χ4n) is 2.33. The number of alkyl halides is 2. The molecule has 2 N–H and O–H groups in total. The largest absolute Gasteiger partial charge is 0.326 e. The van der Waals surface area contributed by atoms with Crippen molar-refractivity contribution in [3.05, 3.63) is 48.0 Å². The molecule has 0 fully saturated rings. The summed E-state index contributed by atoms with van der Waals surface area (Å²) in [6, 6.07) is 10.2. The fourth-order valence-corrected chi connectivity index (χ4v) is 4.12. The van der Waals surface area contributed by atoms with E-state index in [1.54, 1.807) is 12.1 Å². The molecule has 0 radical (unpaired) electrons. The molecule has 24 heavy (non-hydrogen) atoms. The van der Waals surface area contributed by atoms with Gasteiger partial charge in [0.2, 0.25) is 5.91 Å². The summed E-state index contributed by atoms with van der Waals surface area (Å²) < 4.78 is 52.5. The first kappa shape index (κ1) is 16.7. The number of thioether (sulfide) groups is 1. The number of hydrogen-bond donors (Lipinski definition) is 2. The summed E-state index contributed by atoms with van der Waals surface area (Å²) in [6.45, 7) is 0. The van der Waals surface area contributed by atoms with Crippen molar-refractivity contribution in [1.29, 1.82) is 0 Å². The first-order chi connectivity index (χ1) is 11.3. The first-order valence-corrected chi connectivity index (χ1v) is 9.21. The number of halogens is 2. The molecule has 0 bridgehead atoms. The summed E-state index contributed by atoms with van der Waals surface area (Å²) in [5.74, 6) is -2.86. The van der Waals surface area contributed by atoms with Crippen molar-refractivity contribution in [3.63, 3.8) is 0 Å². The lowest BCUT2D eigenvalue weighted by Crippen LogP contribution is -2.14. The Labute approximate surface area is 141 Å². The lowest BCUT2D eigenvalue weighted by Gasteiger charge is -2.12. The SMILES string of the molecule is O=C1Cc2cc(S(=O)(=O)Nc3ccccc3SC(F)F)ccc2N1. The van der Waals surface area contributed by atoms with E-state index in [-0.39, 0.29) is 39.6 Å². The van der Waals surface area contributed by atoms with Gasteiger partial charge in [-0.05, 0) is 35.9 Å². The van der Waals surface area contributed by atoms with Crippen molar-refractivity contribution >= 4 is 39.1 Å². The van der Waals surface area contributed by atoms with Crippen molar-refractivity contribution in [2.75, 3.05) is 10.0 Å². The van der Waals surface area contributed by atoms with Gasteiger partial charge in [0.15, 0.2) is 0 Å². The third kappa shape index (κ3) is 3.51. The normalized spacial score (nSPS) is 13.7. The Kier molecular flexibility index (Phi) is 4.46. The predicted octanol–water partition coefficient (Wildman–Crippen LogP) is 3.30. The molecule has 1 amide bonds. The van der Waals surface area contributed by atoms with Crippen LogP contribution in [0, 0.1) is 0 Å². The van der Waals surface area contributed by atoms with E-state index in [0.29, 0.717) is 11.3 Å². The van der Waals surface area contributed by atoms with E-state index in [2.05, 4.69) is 10.0 Å². The molecule has 0 atom stereocenters. The van der Waals surface area contributed by atoms with Crippen molar-refractivity contribution < 1.29 is 22.0 Å². The van der Waals surface area contributed by atoms with Crippen molar-refractivity contribution in [2.24, 2.45) is 0 Å². The van der Waals surface area contributed by atoms with Crippen LogP contribution < -0.4 is 10.0 Å². The summed E-state index contributed by atoms with van der Waals surface area (Å²) in [6.07, 6.45) is 0.108. The number of nitrogens with one attached hydrogen (secondary N) is 2. The number of fused-ring (bicyclic) bond motifs is 1. The van der Waals surface area contributed by atoms with Crippen LogP contribution in [0.3, 0.4) is 0 Å². The summed E-state index contributed by atoms with van der Waals surface area (Å²) >= 11 is 0.266. The van der Waals surface area contributed by atoms with Crippen LogP contribution >= 0.6 is 11.8 Å². The molecule has 0 aliphatic carbocycles. The van der Waals surface area contributed by atoms with Gasteiger partial charge in [0, 0.05) is 10.6 Å². The van der Waals surface area contributed by atoms with Crippen LogP contribution in [-0.4, -0.2) is 20.1 Å². The number of para-hydroxylation sites is 1. The molecule has 2 aromatic rings. The third-order valence-corrected chi connectivity index (χ3v) is 5.51. The second-order valence-corrected chi connectivity index (χ2v) is 7.74. The van der Waals surface area contributed by atoms with Crippen molar-refractivity contribution in [1.82, 2.24) is 0 Å². The van der Waals surface area contributed by atoms with Crippen molar-refractivity contribution in [3.8, 4) is 0 Å². The average molecular weight is 370 g/mol. The maximum absolute atomic E-state index is 12.6. The summed E-state index contributed by atoms with van der Waals surface area (Å²) in [5, 5.41) is 2.62. The Bertz CT molecular complexity index is 901. The van der Waals surface area contributed by atoms with Crippen LogP contribution in [-0.2, 0) is 21.2 Å². The molecule has 5 nitrogen and oxygen atoms in total. The Morgan fingerprint density at radius 1 is 1.17 bits per heavy atom. The van der Waals surface area contributed by atoms with Crippen LogP contribution in [0.25, 0.3) is 0 Å². The van der Waals surface area contributed by atoms with Gasteiger partial charge in [-0.1, -0.05) is 23.9 Å². The van der Waals surface area contributed by atoms with Gasteiger partial charge in [-0.3, -0.25) is 9.52 Å². The van der Waals surface area contributed by atoms with Gasteiger partial charge < -0.3 is 5.32 Å². The lowest BCUT2D eigenvalue weighted by molar-refractivity contribution is -0.115. The second-order valence-electron chi connectivity index (χ2n) is 5.02. The highest BCUT2D eigenvalue weighted by Gasteiger charge is 2.23. The van der Waals surface area contributed by atoms with Gasteiger partial charge in [-0.25, -0.2) is 8.42 Å². The number of anilines is 2. The third-order valence-electron chi connectivity index (χ3n) is 3.36. The Hall–Kier alpha value is -2.13. The second kappa shape index (κ2) is 6.40. The van der Waals surface area contributed by atoms with Crippen LogP contribution in [0.1, 0.15) is 5.56 Å². The van der Waals surface area contributed by atoms with Crippen LogP contribution in [0.5, 0.6) is 0 Å². The quantitative estimate of drug-likeness (QED) is 0.792. The monoisotopic (exact) mass is 370 g/mol. The zero-order valence-corrected chi connectivity index (χ0v) is 13.8. The minimum absolute atomic E-state index is 0.0328. The molecule has 0 saturated carbocycles. The van der Waals surface area contributed by atoms with Crippen LogP contribution in [0.2, 0.25) is 0 Å². The topological polar surface area (TPSA) is 75.3 Å². The summed E-state index contributed by atoms with van der Waals surface area (Å²) in [7, 11) is -3.96. The van der Waals surface area contributed by atoms with E-state index in [1.807, 2.05) is 0 Å². The Balaban J connectivity index is 1.90. The molecule has 3 rings (SSSR count). The number of rotatable bonds is 5. The number of carbonyl (C=O) groups excluding carboxylic acids is 1. The average Bonchev–Trinajstić information content (AvgIpc) is 2.87. The Morgan fingerprint density at radius 3 is 2.67 bits per heavy atom. The fraction of sp³-hybridized carbons (Fsp3) is 0.133. The molecule has 126 valence electrons. The number of sulfonamides is 1. The number of hydrogen-bond acceptors (Lipinski definition) is 4. The van der Waals surface area contributed by atoms with Crippen molar-refractivity contribution in [2.45, 2.75) is 22.0 Å². The minimum atomic E-state index is -3.96. The molecule has 2 aromatic carbocycles. The molecule has 9 heteroatoms. The number of amides is 1. The molecular formula is C15H12F2N2O3S2. The molecule has 0 unspecified atom stereocenters. The van der Waals surface area contributed by atoms with Crippen LogP contribution in [0.4, 0.5) is 20.2 Å². The maximum Gasteiger partial charge on any atom is 0.288 e. The molecule has 1 heterocycles. The van der Waals surface area contributed by atoms with Gasteiger partial charge in [0.05, 0.1) is 17.0 Å². The van der Waals surface area contributed by atoms with E-state index >= 15 is 0 Å². The van der Waals surface area contributed by atoms with E-state index in [1.165, 1.54) is 30.3 Å². The van der Waals surface area contributed by atoms with E-state index in [0.717, 1.165) is 0 Å². The zero-order chi connectivity index (χ0) is 17.3. The molecule has 0 aromatic heterocycles. The number of benzene rings is 2. The van der Waals surface area contributed by atoms with Gasteiger partial charge in [0.1, 0.15) is 0 Å². The lowest BCUT2D eigenvalue weighted by atomic mass is 10.2. The van der Waals surface area contributed by atoms with E-state index < -0.39 is 15.8 Å². The smallest absolute Gasteiger partial charge is 0.288 e. The standard InChI is InChI=1S/C15H12F2N2O3S2/c16-15(17)23-13-4-2-1-3-12(13)19-24(21,22)10-5-6-11-9(7-10)8-14(20)18-11/h1-7,15,19H,8H2,(H,18,20). The van der Waals surface area contributed by atoms with Gasteiger partial charge in [0.25, 0.3) is 15.8 Å². The number of carbonyl (C=O) groups is 1. The minimum Gasteiger partial charge on any atom is -0.326 e. The Morgan fingerprint density at radius 2 is 1.92 bits per heavy atom. The predicted molar refractivity (Wildman–Crippen MR) is 87.9 cm³/mol. The highest BCUT2D eigenvalue weighted by molar-refractivity contribution is 7.99. The maximum atomic E-state index is 12.6. The van der Waals surface area contributed by atoms with E-state index in [9.17, 15) is 22.0 Å². The highest BCUT2D eigenvalue weighted by atomic mass is 32.2. The molecular weight excluding hydrogens is 358 g/mol. The first-order valence-electron chi connectivity index (χ1n) is 6.84. The van der Waals surface area contributed by atoms with Gasteiger partial charge >= 0.3 is 0 Å². The summed E-state index contributed by atoms with van der Waals surface area (Å²) in [4.78, 5) is 11.5. The highest BCUT2D eigenvalue weighted by Crippen LogP contribution is 2.33. The van der Waals surface area contributed by atoms with Gasteiger partial charge in [-0.15, -0.1) is 0 Å². The zero-order valence-electron chi connectivity index (χ0n) is 12.1. The van der Waals surface area contributed by atoms with Gasteiger partial charge in [-0.2, -0.15) is 8.78 Å². The van der Waals surface area contributed by atoms with Crippen LogP contribution in [0.15, 0.2) is 52.3 Å². The molecule has 1 aliphatic heterocycles. The van der Waals surface area contributed by atoms with E-state index in [4.69, 9.17) is 0 Å². The molecule has 0 spiro atoms.